The minimum Gasteiger partial charge on any atom is -0.399 e. The predicted molar refractivity (Wildman–Crippen MR) is 146 cm³/mol. The molecule has 0 spiro atoms. The van der Waals surface area contributed by atoms with Gasteiger partial charge in [0, 0.05) is 54.2 Å². The molecule has 0 unspecified atom stereocenters. The smallest absolute Gasteiger partial charge is 0.0731 e. The summed E-state index contributed by atoms with van der Waals surface area (Å²) in [4.78, 5) is 9.69. The molecule has 5 heteroatoms. The van der Waals surface area contributed by atoms with Crippen LogP contribution in [0, 0.1) is 0 Å². The van der Waals surface area contributed by atoms with Crippen molar-refractivity contribution in [2.75, 3.05) is 26.2 Å². The second-order valence-electron chi connectivity index (χ2n) is 8.92. The van der Waals surface area contributed by atoms with Gasteiger partial charge in [0.05, 0.1) is 16.2 Å². The third-order valence-electron chi connectivity index (χ3n) is 6.55. The standard InChI is InChI=1S/C29H33ClN4/c1-5-6-8-20(2)33-13-15-34(16-14-33)22(4)24-11-12-26-27(30)19-28(32-29(26)18-24)25-10-7-9-23(17-25)21(3)31/h7,9-12,17-19H,2-6,8,13-16,31H2,1H3. The first-order chi connectivity index (χ1) is 16.4. The van der Waals surface area contributed by atoms with E-state index in [1.807, 2.05) is 36.4 Å². The van der Waals surface area contributed by atoms with Gasteiger partial charge in [0.2, 0.25) is 0 Å². The summed E-state index contributed by atoms with van der Waals surface area (Å²) in [7, 11) is 0. The van der Waals surface area contributed by atoms with Crippen LogP contribution in [0.5, 0.6) is 0 Å². The summed E-state index contributed by atoms with van der Waals surface area (Å²) in [6, 6.07) is 16.0. The van der Waals surface area contributed by atoms with Crippen molar-refractivity contribution in [3.63, 3.8) is 0 Å². The third kappa shape index (κ3) is 5.13. The highest BCUT2D eigenvalue weighted by Gasteiger charge is 2.20. The summed E-state index contributed by atoms with van der Waals surface area (Å²) in [5, 5.41) is 1.60. The number of fused-ring (bicyclic) bond motifs is 1. The molecular weight excluding hydrogens is 440 g/mol. The van der Waals surface area contributed by atoms with Crippen LogP contribution in [0.4, 0.5) is 0 Å². The number of nitrogens with two attached hydrogens (primary N) is 1. The topological polar surface area (TPSA) is 45.4 Å². The maximum Gasteiger partial charge on any atom is 0.0731 e. The number of hydrogen-bond donors (Lipinski definition) is 1. The molecule has 0 saturated carbocycles. The van der Waals surface area contributed by atoms with Gasteiger partial charge in [-0.3, -0.25) is 0 Å². The van der Waals surface area contributed by atoms with E-state index >= 15 is 0 Å². The summed E-state index contributed by atoms with van der Waals surface area (Å²) >= 11 is 6.65. The van der Waals surface area contributed by atoms with Gasteiger partial charge in [-0.25, -0.2) is 4.98 Å². The Hall–Kier alpha value is -3.24. The highest BCUT2D eigenvalue weighted by atomic mass is 35.5. The zero-order valence-corrected chi connectivity index (χ0v) is 20.7. The van der Waals surface area contributed by atoms with E-state index in [9.17, 15) is 0 Å². The molecule has 3 aromatic rings. The van der Waals surface area contributed by atoms with Crippen LogP contribution in [0.2, 0.25) is 5.02 Å². The first kappa shape index (κ1) is 23.9. The second kappa shape index (κ2) is 10.4. The fourth-order valence-corrected chi connectivity index (χ4v) is 4.67. The molecule has 34 heavy (non-hydrogen) atoms. The van der Waals surface area contributed by atoms with E-state index in [0.717, 1.165) is 71.6 Å². The monoisotopic (exact) mass is 472 g/mol. The SMILES string of the molecule is C=C(N)c1cccc(-c2cc(Cl)c3ccc(C(=C)N4CCN(C(=C)CCCC)CC4)cc3n2)c1. The molecule has 1 fully saturated rings. The number of benzene rings is 2. The first-order valence-corrected chi connectivity index (χ1v) is 12.3. The molecule has 4 nitrogen and oxygen atoms in total. The van der Waals surface area contributed by atoms with Gasteiger partial charge in [0.15, 0.2) is 0 Å². The van der Waals surface area contributed by atoms with Crippen molar-refractivity contribution >= 4 is 33.9 Å². The molecule has 0 atom stereocenters. The van der Waals surface area contributed by atoms with E-state index in [1.54, 1.807) is 0 Å². The fourth-order valence-electron chi connectivity index (χ4n) is 4.41. The molecule has 2 aromatic carbocycles. The fraction of sp³-hybridized carbons (Fsp3) is 0.276. The molecule has 2 heterocycles. The maximum absolute atomic E-state index is 6.65. The minimum absolute atomic E-state index is 0.529. The first-order valence-electron chi connectivity index (χ1n) is 11.9. The van der Waals surface area contributed by atoms with Crippen molar-refractivity contribution in [3.05, 3.63) is 90.1 Å². The van der Waals surface area contributed by atoms with Gasteiger partial charge in [-0.05, 0) is 42.2 Å². The van der Waals surface area contributed by atoms with Gasteiger partial charge in [-0.1, -0.05) is 75.0 Å². The number of halogens is 1. The largest absolute Gasteiger partial charge is 0.399 e. The minimum atomic E-state index is 0.529. The van der Waals surface area contributed by atoms with E-state index < -0.39 is 0 Å². The van der Waals surface area contributed by atoms with Crippen molar-refractivity contribution in [2.24, 2.45) is 5.73 Å². The number of hydrogen-bond acceptors (Lipinski definition) is 4. The van der Waals surface area contributed by atoms with Crippen molar-refractivity contribution < 1.29 is 0 Å². The van der Waals surface area contributed by atoms with E-state index in [-0.39, 0.29) is 0 Å². The number of rotatable bonds is 8. The molecule has 2 N–H and O–H groups in total. The summed E-state index contributed by atoms with van der Waals surface area (Å²) in [6.45, 7) is 18.6. The zero-order valence-electron chi connectivity index (χ0n) is 20.0. The average Bonchev–Trinajstić information content (AvgIpc) is 2.86. The quantitative estimate of drug-likeness (QED) is 0.392. The molecule has 0 bridgehead atoms. The molecule has 1 aliphatic rings. The van der Waals surface area contributed by atoms with E-state index in [4.69, 9.17) is 22.3 Å². The molecule has 1 saturated heterocycles. The predicted octanol–water partition coefficient (Wildman–Crippen LogP) is 6.78. The summed E-state index contributed by atoms with van der Waals surface area (Å²) in [5.41, 5.74) is 13.3. The van der Waals surface area contributed by atoms with Gasteiger partial charge < -0.3 is 15.5 Å². The summed E-state index contributed by atoms with van der Waals surface area (Å²) in [6.07, 6.45) is 3.48. The molecule has 1 aromatic heterocycles. The van der Waals surface area contributed by atoms with Gasteiger partial charge >= 0.3 is 0 Å². The number of unbranched alkanes of at least 4 members (excludes halogenated alkanes) is 1. The van der Waals surface area contributed by atoms with Crippen molar-refractivity contribution in [1.82, 2.24) is 14.8 Å². The number of aromatic nitrogens is 1. The van der Waals surface area contributed by atoms with Crippen LogP contribution in [0.25, 0.3) is 33.6 Å². The lowest BCUT2D eigenvalue weighted by Crippen LogP contribution is -2.44. The molecule has 0 radical (unpaired) electrons. The van der Waals surface area contributed by atoms with E-state index in [2.05, 4.69) is 48.6 Å². The van der Waals surface area contributed by atoms with Gasteiger partial charge in [-0.15, -0.1) is 0 Å². The lowest BCUT2D eigenvalue weighted by molar-refractivity contribution is 0.209. The molecule has 1 aliphatic heterocycles. The number of nitrogens with zero attached hydrogens (tertiary/aromatic N) is 3. The number of piperazine rings is 1. The average molecular weight is 473 g/mol. The summed E-state index contributed by atoms with van der Waals surface area (Å²) < 4.78 is 0. The Morgan fingerprint density at radius 1 is 0.971 bits per heavy atom. The Morgan fingerprint density at radius 2 is 1.71 bits per heavy atom. The Balaban J connectivity index is 1.55. The second-order valence-corrected chi connectivity index (χ2v) is 9.33. The van der Waals surface area contributed by atoms with E-state index in [1.165, 1.54) is 18.5 Å². The summed E-state index contributed by atoms with van der Waals surface area (Å²) in [5.74, 6) is 0. The van der Waals surface area contributed by atoms with Crippen LogP contribution in [0.1, 0.15) is 37.3 Å². The Bertz CT molecular complexity index is 1240. The number of allylic oxidation sites excluding steroid dienone is 1. The Labute approximate surface area is 208 Å². The maximum atomic E-state index is 6.65. The van der Waals surface area contributed by atoms with E-state index in [0.29, 0.717) is 10.7 Å². The zero-order chi connectivity index (χ0) is 24.2. The molecule has 4 rings (SSSR count). The van der Waals surface area contributed by atoms with Gasteiger partial charge in [-0.2, -0.15) is 0 Å². The van der Waals surface area contributed by atoms with Crippen LogP contribution in [0.15, 0.2) is 74.0 Å². The molecule has 0 amide bonds. The van der Waals surface area contributed by atoms with Crippen LogP contribution in [0.3, 0.4) is 0 Å². The van der Waals surface area contributed by atoms with Crippen molar-refractivity contribution in [1.29, 1.82) is 0 Å². The van der Waals surface area contributed by atoms with Crippen LogP contribution >= 0.6 is 11.6 Å². The van der Waals surface area contributed by atoms with Crippen LogP contribution < -0.4 is 5.73 Å². The molecular formula is C29H33ClN4. The van der Waals surface area contributed by atoms with Crippen LogP contribution in [-0.4, -0.2) is 41.0 Å². The number of pyridine rings is 1. The van der Waals surface area contributed by atoms with Crippen molar-refractivity contribution in [3.8, 4) is 11.3 Å². The van der Waals surface area contributed by atoms with Gasteiger partial charge in [0.25, 0.3) is 0 Å². The van der Waals surface area contributed by atoms with Crippen molar-refractivity contribution in [2.45, 2.75) is 26.2 Å². The molecule has 0 aliphatic carbocycles. The lowest BCUT2D eigenvalue weighted by atomic mass is 10.0. The lowest BCUT2D eigenvalue weighted by Gasteiger charge is -2.39. The van der Waals surface area contributed by atoms with Crippen LogP contribution in [-0.2, 0) is 0 Å². The third-order valence-corrected chi connectivity index (χ3v) is 6.86. The Kier molecular flexibility index (Phi) is 7.28. The Morgan fingerprint density at radius 3 is 2.41 bits per heavy atom. The van der Waals surface area contributed by atoms with Gasteiger partial charge in [0.1, 0.15) is 0 Å². The highest BCUT2D eigenvalue weighted by molar-refractivity contribution is 6.35. The highest BCUT2D eigenvalue weighted by Crippen LogP contribution is 2.31. The molecule has 176 valence electrons. The normalized spacial score (nSPS) is 13.8.